The molecular formula is C48H42F30O6. The lowest BCUT2D eigenvalue weighted by atomic mass is 9.93. The zero-order valence-corrected chi connectivity index (χ0v) is 42.0. The summed E-state index contributed by atoms with van der Waals surface area (Å²) in [6.45, 7) is -6.95. The van der Waals surface area contributed by atoms with Gasteiger partial charge in [0, 0.05) is 38.5 Å². The Kier molecular flexibility index (Phi) is 21.7. The van der Waals surface area contributed by atoms with Gasteiger partial charge in [-0.05, 0) is 107 Å². The fourth-order valence-corrected chi connectivity index (χ4v) is 7.40. The van der Waals surface area contributed by atoms with E-state index in [0.29, 0.717) is 0 Å². The molecule has 0 aliphatic heterocycles. The molecule has 0 bridgehead atoms. The molecule has 0 aliphatic carbocycles. The summed E-state index contributed by atoms with van der Waals surface area (Å²) in [5, 5.41) is -2.54. The molecule has 4 rings (SSSR count). The summed E-state index contributed by atoms with van der Waals surface area (Å²) >= 11 is 0. The fourth-order valence-electron chi connectivity index (χ4n) is 7.40. The molecule has 0 spiro atoms. The lowest BCUT2D eigenvalue weighted by Crippen LogP contribution is -2.36. The number of halogens is 30. The van der Waals surface area contributed by atoms with Crippen LogP contribution in [0.25, 0.3) is 32.3 Å². The fraction of sp³-hybridized carbons (Fsp3) is 0.625. The summed E-state index contributed by atoms with van der Waals surface area (Å²) in [6, 6.07) is 4.57. The highest BCUT2D eigenvalue weighted by Gasteiger charge is 2.60. The number of alkyl halides is 30. The molecule has 0 atom stereocenters. The van der Waals surface area contributed by atoms with E-state index >= 15 is 0 Å². The third kappa shape index (κ3) is 17.7. The van der Waals surface area contributed by atoms with E-state index in [1.54, 1.807) is 0 Å². The van der Waals surface area contributed by atoms with Crippen molar-refractivity contribution in [2.45, 2.75) is 150 Å². The van der Waals surface area contributed by atoms with Crippen molar-refractivity contribution in [2.24, 2.45) is 0 Å². The van der Waals surface area contributed by atoms with Crippen molar-refractivity contribution in [1.82, 2.24) is 0 Å². The number of hydrogen-bond acceptors (Lipinski definition) is 6. The first-order chi connectivity index (χ1) is 38.0. The van der Waals surface area contributed by atoms with Crippen LogP contribution in [0.1, 0.15) is 77.0 Å². The molecule has 0 unspecified atom stereocenters. The maximum atomic E-state index is 13.9. The van der Waals surface area contributed by atoms with Crippen molar-refractivity contribution >= 4 is 32.3 Å². The molecule has 0 fully saturated rings. The molecule has 0 N–H and O–H groups in total. The topological polar surface area (TPSA) is 55.4 Å². The lowest BCUT2D eigenvalue weighted by Gasteiger charge is -2.22. The van der Waals surface area contributed by atoms with E-state index in [2.05, 4.69) is 0 Å². The standard InChI is InChI=1S/C48H42F30O6/c49-37(50,43(61,62)63)7-1-13-79-31-19-25-26(20-32(31)80-14-2-8-38(51,52)44(64,65)66)28-22-34(82-16-4-10-40(55,56)46(70,71)72)36(84-18-6-12-42(59,60)48(76,77)78)24-30(28)29-23-35(83-17-5-11-41(57,58)47(73,74)75)33(21-27(25)29)81-15-3-9-39(53,54)45(67,68)69/h19-24H,1-18H2. The number of rotatable bonds is 30. The zero-order valence-electron chi connectivity index (χ0n) is 42.0. The summed E-state index contributed by atoms with van der Waals surface area (Å²) in [4.78, 5) is 0. The van der Waals surface area contributed by atoms with Gasteiger partial charge in [-0.25, -0.2) is 0 Å². The molecule has 36 heteroatoms. The average molecular weight is 1280 g/mol. The Labute approximate surface area is 452 Å². The van der Waals surface area contributed by atoms with Gasteiger partial charge in [-0.3, -0.25) is 0 Å². The van der Waals surface area contributed by atoms with Gasteiger partial charge in [0.15, 0.2) is 34.5 Å². The van der Waals surface area contributed by atoms with Gasteiger partial charge in [-0.2, -0.15) is 132 Å². The molecule has 0 saturated heterocycles. The molecule has 0 aliphatic rings. The third-order valence-electron chi connectivity index (χ3n) is 12.0. The van der Waals surface area contributed by atoms with E-state index in [1.165, 1.54) is 0 Å². The lowest BCUT2D eigenvalue weighted by molar-refractivity contribution is -0.284. The highest BCUT2D eigenvalue weighted by molar-refractivity contribution is 6.26. The Morgan fingerprint density at radius 1 is 0.190 bits per heavy atom. The van der Waals surface area contributed by atoms with Crippen LogP contribution in [0.15, 0.2) is 36.4 Å². The summed E-state index contributed by atoms with van der Waals surface area (Å²) in [6.07, 6.45) is -55.9. The van der Waals surface area contributed by atoms with E-state index in [0.717, 1.165) is 36.4 Å². The maximum absolute atomic E-state index is 13.9. The first kappa shape index (κ1) is 70.8. The summed E-state index contributed by atoms with van der Waals surface area (Å²) in [5.41, 5.74) is 0. The smallest absolute Gasteiger partial charge is 0.453 e. The van der Waals surface area contributed by atoms with Crippen LogP contribution >= 0.6 is 0 Å². The highest BCUT2D eigenvalue weighted by Crippen LogP contribution is 2.50. The molecule has 4 aromatic rings. The monoisotopic (exact) mass is 1280 g/mol. The number of fused-ring (bicyclic) bond motifs is 6. The summed E-state index contributed by atoms with van der Waals surface area (Å²) in [7, 11) is 0. The molecule has 84 heavy (non-hydrogen) atoms. The van der Waals surface area contributed by atoms with Gasteiger partial charge in [-0.15, -0.1) is 0 Å². The van der Waals surface area contributed by atoms with E-state index in [-0.39, 0.29) is 0 Å². The summed E-state index contributed by atoms with van der Waals surface area (Å²) in [5.74, 6) is -37.1. The largest absolute Gasteiger partial charge is 0.490 e. The Balaban J connectivity index is 2.09. The maximum Gasteiger partial charge on any atom is 0.453 e. The van der Waals surface area contributed by atoms with Gasteiger partial charge < -0.3 is 28.4 Å². The first-order valence-electron chi connectivity index (χ1n) is 24.0. The Hall–Kier alpha value is -5.64. The highest BCUT2D eigenvalue weighted by atomic mass is 19.5. The average Bonchev–Trinajstić information content (AvgIpc) is 0.859. The molecule has 0 heterocycles. The summed E-state index contributed by atoms with van der Waals surface area (Å²) < 4.78 is 433. The van der Waals surface area contributed by atoms with Gasteiger partial charge in [0.2, 0.25) is 0 Å². The van der Waals surface area contributed by atoms with Crippen LogP contribution < -0.4 is 28.4 Å². The second-order valence-electron chi connectivity index (χ2n) is 18.5. The van der Waals surface area contributed by atoms with E-state index < -0.39 is 256 Å². The van der Waals surface area contributed by atoms with Crippen molar-refractivity contribution in [3.05, 3.63) is 36.4 Å². The minimum Gasteiger partial charge on any atom is -0.490 e. The van der Waals surface area contributed by atoms with Gasteiger partial charge in [0.1, 0.15) is 0 Å². The van der Waals surface area contributed by atoms with Crippen LogP contribution in [0.3, 0.4) is 0 Å². The molecule has 0 saturated carbocycles. The zero-order chi connectivity index (χ0) is 64.1. The van der Waals surface area contributed by atoms with E-state index in [4.69, 9.17) is 28.4 Å². The van der Waals surface area contributed by atoms with E-state index in [9.17, 15) is 132 Å². The van der Waals surface area contributed by atoms with Crippen LogP contribution in [-0.4, -0.2) is 112 Å². The van der Waals surface area contributed by atoms with Crippen LogP contribution in [0, 0.1) is 0 Å². The minimum atomic E-state index is -6.12. The van der Waals surface area contributed by atoms with Crippen molar-refractivity contribution in [3.8, 4) is 34.5 Å². The number of hydrogen-bond donors (Lipinski definition) is 0. The van der Waals surface area contributed by atoms with Crippen molar-refractivity contribution in [3.63, 3.8) is 0 Å². The predicted octanol–water partition coefficient (Wildman–Crippen LogP) is 19.3. The molecule has 0 amide bonds. The third-order valence-corrected chi connectivity index (χ3v) is 12.0. The number of benzene rings is 4. The van der Waals surface area contributed by atoms with Crippen LogP contribution in [0.4, 0.5) is 132 Å². The van der Waals surface area contributed by atoms with Crippen LogP contribution in [-0.2, 0) is 0 Å². The van der Waals surface area contributed by atoms with Gasteiger partial charge >= 0.3 is 72.6 Å². The van der Waals surface area contributed by atoms with Gasteiger partial charge in [0.05, 0.1) is 39.6 Å². The van der Waals surface area contributed by atoms with Crippen LogP contribution in [0.5, 0.6) is 34.5 Å². The Morgan fingerprint density at radius 2 is 0.298 bits per heavy atom. The minimum absolute atomic E-state index is 0.423. The molecule has 4 aromatic carbocycles. The molecule has 0 aromatic heterocycles. The molecule has 6 nitrogen and oxygen atoms in total. The quantitative estimate of drug-likeness (QED) is 0.0295. The number of ether oxygens (including phenoxy) is 6. The van der Waals surface area contributed by atoms with Gasteiger partial charge in [-0.1, -0.05) is 0 Å². The van der Waals surface area contributed by atoms with Crippen molar-refractivity contribution < 1.29 is 160 Å². The second-order valence-corrected chi connectivity index (χ2v) is 18.5. The normalized spacial score (nSPS) is 14.2. The second kappa shape index (κ2) is 25.7. The van der Waals surface area contributed by atoms with E-state index in [1.807, 2.05) is 0 Å². The molecular weight excluding hydrogens is 1240 g/mol. The molecule has 0 radical (unpaired) electrons. The van der Waals surface area contributed by atoms with Gasteiger partial charge in [0.25, 0.3) is 0 Å². The van der Waals surface area contributed by atoms with Crippen LogP contribution in [0.2, 0.25) is 0 Å². The van der Waals surface area contributed by atoms with Crippen molar-refractivity contribution in [1.29, 1.82) is 0 Å². The Bertz CT molecular complexity index is 2300. The SMILES string of the molecule is FC(F)(F)C(F)(F)CCCOc1cc2c3cc(OCCCC(F)(F)C(F)(F)F)c(OCCCC(F)(F)C(F)(F)F)cc3c3cc(OCCCC(F)(F)C(F)(F)F)c(OCCCC(F)(F)C(F)(F)F)cc3c2cc1OCCCC(F)(F)C(F)(F)F. The predicted molar refractivity (Wildman–Crippen MR) is 233 cm³/mol. The Morgan fingerprint density at radius 3 is 0.393 bits per heavy atom. The first-order valence-corrected chi connectivity index (χ1v) is 24.0. The van der Waals surface area contributed by atoms with Crippen molar-refractivity contribution in [2.75, 3.05) is 39.6 Å². The molecule has 480 valence electrons.